The van der Waals surface area contributed by atoms with Gasteiger partial charge in [0.15, 0.2) is 0 Å². The minimum Gasteiger partial charge on any atom is -0.393 e. The summed E-state index contributed by atoms with van der Waals surface area (Å²) in [5.74, 6) is 0. The summed E-state index contributed by atoms with van der Waals surface area (Å²) in [7, 11) is -0.947. The molecule has 0 bridgehead atoms. The number of rotatable bonds is 5. The van der Waals surface area contributed by atoms with Crippen LogP contribution in [-0.4, -0.2) is 22.5 Å². The molecule has 0 aromatic heterocycles. The summed E-state index contributed by atoms with van der Waals surface area (Å²) in [4.78, 5) is 0. The van der Waals surface area contributed by atoms with E-state index in [1.165, 1.54) is 32.1 Å². The lowest BCUT2D eigenvalue weighted by Crippen LogP contribution is -2.30. The van der Waals surface area contributed by atoms with Gasteiger partial charge >= 0.3 is 9.28 Å². The number of hydrogen-bond acceptors (Lipinski definition) is 2. The van der Waals surface area contributed by atoms with E-state index in [4.69, 9.17) is 8.85 Å². The summed E-state index contributed by atoms with van der Waals surface area (Å²) in [6.07, 6.45) is 6.81. The van der Waals surface area contributed by atoms with Crippen LogP contribution in [0.4, 0.5) is 0 Å². The summed E-state index contributed by atoms with van der Waals surface area (Å²) in [5.41, 5.74) is 0.749. The first-order valence-electron chi connectivity index (χ1n) is 5.50. The van der Waals surface area contributed by atoms with Crippen molar-refractivity contribution >= 4 is 9.28 Å². The van der Waals surface area contributed by atoms with Crippen LogP contribution < -0.4 is 0 Å². The average molecular weight is 201 g/mol. The second-order valence-electron chi connectivity index (χ2n) is 3.52. The highest BCUT2D eigenvalue weighted by Crippen LogP contribution is 2.31. The summed E-state index contributed by atoms with van der Waals surface area (Å²) in [6, 6.07) is 0. The van der Waals surface area contributed by atoms with Gasteiger partial charge in [0.1, 0.15) is 0 Å². The molecular weight excluding hydrogens is 180 g/mol. The van der Waals surface area contributed by atoms with Gasteiger partial charge in [-0.1, -0.05) is 19.3 Å². The van der Waals surface area contributed by atoms with Crippen molar-refractivity contribution in [1.82, 2.24) is 0 Å². The van der Waals surface area contributed by atoms with E-state index in [9.17, 15) is 0 Å². The molecule has 0 heterocycles. The Balaban J connectivity index is 2.32. The van der Waals surface area contributed by atoms with Crippen molar-refractivity contribution in [2.45, 2.75) is 51.5 Å². The van der Waals surface area contributed by atoms with Crippen molar-refractivity contribution in [3.05, 3.63) is 0 Å². The zero-order chi connectivity index (χ0) is 9.52. The fourth-order valence-corrected chi connectivity index (χ4v) is 3.90. The first kappa shape index (κ1) is 11.2. The molecule has 0 saturated heterocycles. The molecule has 0 N–H and O–H groups in total. The molecule has 0 amide bonds. The minimum atomic E-state index is -0.947. The Bertz CT molecular complexity index is 118. The van der Waals surface area contributed by atoms with Crippen LogP contribution in [-0.2, 0) is 8.85 Å². The Morgan fingerprint density at radius 3 is 2.00 bits per heavy atom. The molecule has 0 unspecified atom stereocenters. The molecule has 3 heteroatoms. The van der Waals surface area contributed by atoms with Gasteiger partial charge in [0.05, 0.1) is 0 Å². The van der Waals surface area contributed by atoms with Crippen molar-refractivity contribution in [2.75, 3.05) is 13.2 Å². The Labute approximate surface area is 83.5 Å². The van der Waals surface area contributed by atoms with Crippen LogP contribution in [0.25, 0.3) is 0 Å². The zero-order valence-corrected chi connectivity index (χ0v) is 9.84. The largest absolute Gasteiger partial charge is 0.393 e. The smallest absolute Gasteiger partial charge is 0.388 e. The summed E-state index contributed by atoms with van der Waals surface area (Å²) in [5, 5.41) is 0. The van der Waals surface area contributed by atoms with Crippen molar-refractivity contribution in [3.63, 3.8) is 0 Å². The first-order valence-corrected chi connectivity index (χ1v) is 6.90. The predicted octanol–water partition coefficient (Wildman–Crippen LogP) is 2.88. The molecule has 1 fully saturated rings. The maximum atomic E-state index is 5.70. The van der Waals surface area contributed by atoms with Gasteiger partial charge in [-0.25, -0.2) is 0 Å². The first-order chi connectivity index (χ1) is 6.38. The van der Waals surface area contributed by atoms with Crippen molar-refractivity contribution in [2.24, 2.45) is 0 Å². The van der Waals surface area contributed by atoms with Crippen LogP contribution in [0.2, 0.25) is 5.54 Å². The molecule has 0 aliphatic heterocycles. The van der Waals surface area contributed by atoms with Crippen molar-refractivity contribution < 1.29 is 8.85 Å². The lowest BCUT2D eigenvalue weighted by molar-refractivity contribution is 0.196. The third-order valence-corrected chi connectivity index (χ3v) is 4.90. The molecule has 13 heavy (non-hydrogen) atoms. The predicted molar refractivity (Wildman–Crippen MR) is 55.8 cm³/mol. The van der Waals surface area contributed by atoms with Gasteiger partial charge in [-0.2, -0.15) is 0 Å². The average Bonchev–Trinajstić information content (AvgIpc) is 2.19. The van der Waals surface area contributed by atoms with Crippen LogP contribution in [0.1, 0.15) is 46.0 Å². The monoisotopic (exact) mass is 201 g/mol. The molecule has 77 valence electrons. The molecule has 2 nitrogen and oxygen atoms in total. The van der Waals surface area contributed by atoms with E-state index >= 15 is 0 Å². The lowest BCUT2D eigenvalue weighted by atomic mass is 10.0. The van der Waals surface area contributed by atoms with Gasteiger partial charge in [-0.05, 0) is 26.7 Å². The van der Waals surface area contributed by atoms with Crippen molar-refractivity contribution in [1.29, 1.82) is 0 Å². The molecular formula is C10H21O2Si. The molecule has 1 aliphatic carbocycles. The SMILES string of the molecule is CCO[Si](OCC)C1CCCCC1. The molecule has 0 aromatic carbocycles. The highest BCUT2D eigenvalue weighted by atomic mass is 28.3. The van der Waals surface area contributed by atoms with Gasteiger partial charge in [-0.15, -0.1) is 0 Å². The molecule has 0 spiro atoms. The van der Waals surface area contributed by atoms with E-state index in [-0.39, 0.29) is 0 Å². The quantitative estimate of drug-likeness (QED) is 0.637. The highest BCUT2D eigenvalue weighted by Gasteiger charge is 2.28. The summed E-state index contributed by atoms with van der Waals surface area (Å²) in [6.45, 7) is 5.74. The standard InChI is InChI=1S/C10H21O2Si/c1-3-11-13(12-4-2)10-8-6-5-7-9-10/h10H,3-9H2,1-2H3. The van der Waals surface area contributed by atoms with E-state index in [0.717, 1.165) is 18.8 Å². The van der Waals surface area contributed by atoms with Crippen LogP contribution in [0.15, 0.2) is 0 Å². The minimum absolute atomic E-state index is 0.749. The van der Waals surface area contributed by atoms with Gasteiger partial charge < -0.3 is 8.85 Å². The molecule has 0 atom stereocenters. The van der Waals surface area contributed by atoms with Gasteiger partial charge in [0.25, 0.3) is 0 Å². The van der Waals surface area contributed by atoms with Crippen LogP contribution >= 0.6 is 0 Å². The maximum Gasteiger partial charge on any atom is 0.388 e. The maximum absolute atomic E-state index is 5.70. The zero-order valence-electron chi connectivity index (χ0n) is 8.84. The van der Waals surface area contributed by atoms with Gasteiger partial charge in [0, 0.05) is 18.8 Å². The fourth-order valence-electron chi connectivity index (χ4n) is 1.90. The van der Waals surface area contributed by atoms with Crippen molar-refractivity contribution in [3.8, 4) is 0 Å². The van der Waals surface area contributed by atoms with E-state index in [1.807, 2.05) is 0 Å². The van der Waals surface area contributed by atoms with E-state index in [2.05, 4.69) is 13.8 Å². The van der Waals surface area contributed by atoms with Crippen LogP contribution in [0.5, 0.6) is 0 Å². The third-order valence-electron chi connectivity index (χ3n) is 2.51. The Morgan fingerprint density at radius 2 is 1.54 bits per heavy atom. The molecule has 1 radical (unpaired) electrons. The molecule has 1 rings (SSSR count). The summed E-state index contributed by atoms with van der Waals surface area (Å²) >= 11 is 0. The van der Waals surface area contributed by atoms with Gasteiger partial charge in [0.2, 0.25) is 0 Å². The van der Waals surface area contributed by atoms with Crippen LogP contribution in [0.3, 0.4) is 0 Å². The molecule has 1 saturated carbocycles. The lowest BCUT2D eigenvalue weighted by Gasteiger charge is -2.26. The molecule has 1 aliphatic rings. The van der Waals surface area contributed by atoms with E-state index < -0.39 is 9.28 Å². The molecule has 0 aromatic rings. The van der Waals surface area contributed by atoms with Gasteiger partial charge in [-0.3, -0.25) is 0 Å². The fraction of sp³-hybridized carbons (Fsp3) is 1.00. The van der Waals surface area contributed by atoms with E-state index in [0.29, 0.717) is 0 Å². The summed E-state index contributed by atoms with van der Waals surface area (Å²) < 4.78 is 11.4. The third kappa shape index (κ3) is 3.79. The highest BCUT2D eigenvalue weighted by molar-refractivity contribution is 6.46. The van der Waals surface area contributed by atoms with Crippen LogP contribution in [0, 0.1) is 0 Å². The normalized spacial score (nSPS) is 19.6. The Hall–Kier alpha value is 0.137. The van der Waals surface area contributed by atoms with E-state index in [1.54, 1.807) is 0 Å². The Morgan fingerprint density at radius 1 is 1.00 bits per heavy atom. The topological polar surface area (TPSA) is 18.5 Å². The second-order valence-corrected chi connectivity index (χ2v) is 5.55. The second kappa shape index (κ2) is 6.57. The Kier molecular flexibility index (Phi) is 5.67. The number of hydrogen-bond donors (Lipinski definition) is 0.